The topological polar surface area (TPSA) is 49.9 Å². The molecule has 2 aromatic rings. The number of aromatic nitrogens is 2. The van der Waals surface area contributed by atoms with Gasteiger partial charge in [0.15, 0.2) is 0 Å². The normalized spacial score (nSPS) is 22.9. The SMILES string of the molecule is Cc1c(O[C@H]2CC[C@@H](NC(C)C)CC2)ccc2[nH]ncc12. The molecule has 1 saturated carbocycles. The first kappa shape index (κ1) is 14.4. The predicted molar refractivity (Wildman–Crippen MR) is 85.8 cm³/mol. The molecule has 4 heteroatoms. The lowest BCUT2D eigenvalue weighted by Gasteiger charge is -2.31. The summed E-state index contributed by atoms with van der Waals surface area (Å²) in [5.74, 6) is 1.00. The van der Waals surface area contributed by atoms with Gasteiger partial charge in [-0.25, -0.2) is 0 Å². The molecule has 0 saturated heterocycles. The summed E-state index contributed by atoms with van der Waals surface area (Å²) >= 11 is 0. The van der Waals surface area contributed by atoms with Gasteiger partial charge in [0.1, 0.15) is 5.75 Å². The van der Waals surface area contributed by atoms with E-state index in [9.17, 15) is 0 Å². The second kappa shape index (κ2) is 6.06. The molecule has 0 atom stereocenters. The molecule has 0 aliphatic heterocycles. The van der Waals surface area contributed by atoms with Crippen LogP contribution in [0.4, 0.5) is 0 Å². The molecule has 1 fully saturated rings. The summed E-state index contributed by atoms with van der Waals surface area (Å²) in [6, 6.07) is 5.34. The highest BCUT2D eigenvalue weighted by atomic mass is 16.5. The van der Waals surface area contributed by atoms with Crippen molar-refractivity contribution in [2.45, 2.75) is 64.6 Å². The molecule has 1 aliphatic carbocycles. The van der Waals surface area contributed by atoms with Gasteiger partial charge in [-0.05, 0) is 44.7 Å². The molecule has 114 valence electrons. The van der Waals surface area contributed by atoms with Gasteiger partial charge in [-0.3, -0.25) is 5.10 Å². The van der Waals surface area contributed by atoms with Gasteiger partial charge in [-0.15, -0.1) is 0 Å². The van der Waals surface area contributed by atoms with Crippen LogP contribution in [0.5, 0.6) is 5.75 Å². The summed E-state index contributed by atoms with van der Waals surface area (Å²) in [5, 5.41) is 11.9. The Morgan fingerprint density at radius 2 is 2.00 bits per heavy atom. The first-order chi connectivity index (χ1) is 10.1. The van der Waals surface area contributed by atoms with Gasteiger partial charge in [-0.1, -0.05) is 13.8 Å². The number of aromatic amines is 1. The number of rotatable bonds is 4. The predicted octanol–water partition coefficient (Wildman–Crippen LogP) is 3.56. The van der Waals surface area contributed by atoms with E-state index in [1.54, 1.807) is 0 Å². The average Bonchev–Trinajstić information content (AvgIpc) is 2.93. The average molecular weight is 287 g/mol. The maximum absolute atomic E-state index is 6.25. The van der Waals surface area contributed by atoms with Crippen LogP contribution in [0.2, 0.25) is 0 Å². The van der Waals surface area contributed by atoms with Crippen LogP contribution < -0.4 is 10.1 Å². The molecule has 0 amide bonds. The van der Waals surface area contributed by atoms with Gasteiger partial charge >= 0.3 is 0 Å². The number of nitrogens with one attached hydrogen (secondary N) is 2. The summed E-state index contributed by atoms with van der Waals surface area (Å²) < 4.78 is 6.25. The summed E-state index contributed by atoms with van der Waals surface area (Å²) in [6.07, 6.45) is 6.89. The number of hydrogen-bond acceptors (Lipinski definition) is 3. The fourth-order valence-corrected chi connectivity index (χ4v) is 3.26. The monoisotopic (exact) mass is 287 g/mol. The van der Waals surface area contributed by atoms with E-state index in [1.807, 2.05) is 6.20 Å². The molecule has 0 unspecified atom stereocenters. The minimum atomic E-state index is 0.346. The molecular weight excluding hydrogens is 262 g/mol. The van der Waals surface area contributed by atoms with Crippen LogP contribution in [0.1, 0.15) is 45.1 Å². The molecule has 21 heavy (non-hydrogen) atoms. The van der Waals surface area contributed by atoms with Crippen molar-refractivity contribution in [1.29, 1.82) is 0 Å². The standard InChI is InChI=1S/C17H25N3O/c1-11(2)19-13-4-6-14(7-5-13)21-17-9-8-16-15(12(17)3)10-18-20-16/h8-11,13-14,19H,4-7H2,1-3H3,(H,18,20)/t13-,14+. The van der Waals surface area contributed by atoms with Gasteiger partial charge in [0.25, 0.3) is 0 Å². The molecule has 1 heterocycles. The van der Waals surface area contributed by atoms with Crippen molar-refractivity contribution in [3.8, 4) is 5.75 Å². The maximum atomic E-state index is 6.25. The number of H-pyrrole nitrogens is 1. The molecular formula is C17H25N3O. The van der Waals surface area contributed by atoms with Gasteiger partial charge < -0.3 is 10.1 Å². The molecule has 1 aromatic carbocycles. The van der Waals surface area contributed by atoms with Crippen LogP contribution in [0.25, 0.3) is 10.9 Å². The van der Waals surface area contributed by atoms with E-state index in [2.05, 4.69) is 48.4 Å². The highest BCUT2D eigenvalue weighted by Gasteiger charge is 2.23. The lowest BCUT2D eigenvalue weighted by atomic mass is 9.92. The van der Waals surface area contributed by atoms with E-state index in [1.165, 1.54) is 18.4 Å². The highest BCUT2D eigenvalue weighted by Crippen LogP contribution is 2.30. The van der Waals surface area contributed by atoms with Crippen LogP contribution >= 0.6 is 0 Å². The number of hydrogen-bond donors (Lipinski definition) is 2. The van der Waals surface area contributed by atoms with Crippen LogP contribution in [0.15, 0.2) is 18.3 Å². The number of benzene rings is 1. The van der Waals surface area contributed by atoms with E-state index in [-0.39, 0.29) is 0 Å². The van der Waals surface area contributed by atoms with E-state index in [4.69, 9.17) is 4.74 Å². The lowest BCUT2D eigenvalue weighted by Crippen LogP contribution is -2.39. The van der Waals surface area contributed by atoms with Crippen molar-refractivity contribution >= 4 is 10.9 Å². The van der Waals surface area contributed by atoms with E-state index in [0.717, 1.165) is 29.5 Å². The largest absolute Gasteiger partial charge is 0.490 e. The fourth-order valence-electron chi connectivity index (χ4n) is 3.26. The van der Waals surface area contributed by atoms with Crippen molar-refractivity contribution in [2.75, 3.05) is 0 Å². The van der Waals surface area contributed by atoms with Gasteiger partial charge in [0.05, 0.1) is 17.8 Å². The molecule has 0 radical (unpaired) electrons. The summed E-state index contributed by atoms with van der Waals surface area (Å²) in [6.45, 7) is 6.54. The third-order valence-electron chi connectivity index (χ3n) is 4.38. The van der Waals surface area contributed by atoms with Crippen LogP contribution in [0, 0.1) is 6.92 Å². The number of ether oxygens (including phenoxy) is 1. The smallest absolute Gasteiger partial charge is 0.123 e. The Balaban J connectivity index is 1.63. The molecule has 0 spiro atoms. The maximum Gasteiger partial charge on any atom is 0.123 e. The Bertz CT molecular complexity index is 597. The quantitative estimate of drug-likeness (QED) is 0.904. The van der Waals surface area contributed by atoms with Crippen molar-refractivity contribution in [3.05, 3.63) is 23.9 Å². The van der Waals surface area contributed by atoms with Crippen molar-refractivity contribution < 1.29 is 4.74 Å². The summed E-state index contributed by atoms with van der Waals surface area (Å²) in [4.78, 5) is 0. The Hall–Kier alpha value is -1.55. The first-order valence-electron chi connectivity index (χ1n) is 7.99. The minimum Gasteiger partial charge on any atom is -0.490 e. The fraction of sp³-hybridized carbons (Fsp3) is 0.588. The lowest BCUT2D eigenvalue weighted by molar-refractivity contribution is 0.137. The number of nitrogens with zero attached hydrogens (tertiary/aromatic N) is 1. The van der Waals surface area contributed by atoms with Crippen LogP contribution in [-0.4, -0.2) is 28.4 Å². The highest BCUT2D eigenvalue weighted by molar-refractivity contribution is 5.83. The second-order valence-corrected chi connectivity index (χ2v) is 6.43. The zero-order chi connectivity index (χ0) is 14.8. The van der Waals surface area contributed by atoms with E-state index >= 15 is 0 Å². The third-order valence-corrected chi connectivity index (χ3v) is 4.38. The van der Waals surface area contributed by atoms with Gasteiger partial charge in [0.2, 0.25) is 0 Å². The van der Waals surface area contributed by atoms with E-state index < -0.39 is 0 Å². The molecule has 4 nitrogen and oxygen atoms in total. The Labute approximate surface area is 126 Å². The second-order valence-electron chi connectivity index (χ2n) is 6.43. The molecule has 1 aromatic heterocycles. The van der Waals surface area contributed by atoms with Crippen molar-refractivity contribution in [3.63, 3.8) is 0 Å². The van der Waals surface area contributed by atoms with Gasteiger partial charge in [0, 0.05) is 23.0 Å². The van der Waals surface area contributed by atoms with Crippen LogP contribution in [0.3, 0.4) is 0 Å². The Morgan fingerprint density at radius 1 is 1.24 bits per heavy atom. The summed E-state index contributed by atoms with van der Waals surface area (Å²) in [5.41, 5.74) is 2.26. The Morgan fingerprint density at radius 3 is 2.71 bits per heavy atom. The van der Waals surface area contributed by atoms with Crippen LogP contribution in [-0.2, 0) is 0 Å². The zero-order valence-electron chi connectivity index (χ0n) is 13.1. The Kier molecular flexibility index (Phi) is 4.15. The zero-order valence-corrected chi connectivity index (χ0v) is 13.1. The number of fused-ring (bicyclic) bond motifs is 1. The minimum absolute atomic E-state index is 0.346. The van der Waals surface area contributed by atoms with E-state index in [0.29, 0.717) is 18.2 Å². The third kappa shape index (κ3) is 3.21. The molecule has 3 rings (SSSR count). The summed E-state index contributed by atoms with van der Waals surface area (Å²) in [7, 11) is 0. The number of aryl methyl sites for hydroxylation is 1. The first-order valence-corrected chi connectivity index (χ1v) is 7.99. The van der Waals surface area contributed by atoms with Crippen molar-refractivity contribution in [1.82, 2.24) is 15.5 Å². The molecule has 0 bridgehead atoms. The molecule has 1 aliphatic rings. The molecule has 2 N–H and O–H groups in total. The van der Waals surface area contributed by atoms with Crippen molar-refractivity contribution in [2.24, 2.45) is 0 Å². The van der Waals surface area contributed by atoms with Gasteiger partial charge in [-0.2, -0.15) is 5.10 Å².